The lowest BCUT2D eigenvalue weighted by Crippen LogP contribution is -2.42. The number of aromatic nitrogens is 2. The van der Waals surface area contributed by atoms with Crippen molar-refractivity contribution in [2.75, 3.05) is 29.5 Å². The Morgan fingerprint density at radius 3 is 2.62 bits per heavy atom. The van der Waals surface area contributed by atoms with Crippen molar-refractivity contribution in [1.29, 1.82) is 0 Å². The van der Waals surface area contributed by atoms with Crippen LogP contribution in [0.5, 0.6) is 0 Å². The molecule has 0 aromatic carbocycles. The first kappa shape index (κ1) is 14.3. The van der Waals surface area contributed by atoms with Crippen LogP contribution in [0.15, 0.2) is 18.3 Å². The third-order valence-electron chi connectivity index (χ3n) is 3.62. The van der Waals surface area contributed by atoms with Crippen molar-refractivity contribution in [3.8, 4) is 0 Å². The van der Waals surface area contributed by atoms with Gasteiger partial charge < -0.3 is 4.90 Å². The van der Waals surface area contributed by atoms with E-state index < -0.39 is 9.84 Å². The monoisotopic (exact) mass is 327 g/mol. The second kappa shape index (κ2) is 4.99. The summed E-state index contributed by atoms with van der Waals surface area (Å²) in [5.41, 5.74) is 1.15. The van der Waals surface area contributed by atoms with Crippen LogP contribution in [-0.2, 0) is 9.84 Å². The average molecular weight is 328 g/mol. The van der Waals surface area contributed by atoms with Crippen LogP contribution in [0, 0.1) is 0 Å². The van der Waals surface area contributed by atoms with Gasteiger partial charge in [0.1, 0.15) is 5.82 Å². The lowest BCUT2D eigenvalue weighted by Gasteiger charge is -2.30. The molecule has 0 saturated carbocycles. The smallest absolute Gasteiger partial charge is 0.163 e. The van der Waals surface area contributed by atoms with Gasteiger partial charge >= 0.3 is 0 Å². The van der Waals surface area contributed by atoms with E-state index in [1.54, 1.807) is 22.8 Å². The highest BCUT2D eigenvalue weighted by molar-refractivity contribution is 7.91. The van der Waals surface area contributed by atoms with Gasteiger partial charge in [-0.15, -0.1) is 0 Å². The molecule has 0 N–H and O–H groups in total. The Labute approximate surface area is 127 Å². The van der Waals surface area contributed by atoms with E-state index >= 15 is 0 Å². The van der Waals surface area contributed by atoms with Crippen molar-refractivity contribution in [2.45, 2.75) is 6.92 Å². The van der Waals surface area contributed by atoms with Crippen molar-refractivity contribution in [2.24, 2.45) is 0 Å². The van der Waals surface area contributed by atoms with Crippen LogP contribution in [0.4, 0.5) is 5.82 Å². The normalized spacial score (nSPS) is 18.1. The van der Waals surface area contributed by atoms with Crippen molar-refractivity contribution >= 4 is 38.6 Å². The van der Waals surface area contributed by atoms with Gasteiger partial charge in [0.2, 0.25) is 0 Å². The number of pyridine rings is 1. The summed E-state index contributed by atoms with van der Waals surface area (Å²) >= 11 is 6.18. The maximum atomic E-state index is 11.9. The average Bonchev–Trinajstić information content (AvgIpc) is 2.89. The number of rotatable bonds is 2. The van der Waals surface area contributed by atoms with Crippen molar-refractivity contribution in [3.63, 3.8) is 0 Å². The fourth-order valence-electron chi connectivity index (χ4n) is 2.52. The molecule has 112 valence electrons. The number of halogens is 1. The SMILES string of the molecule is CC(=O)c1cc(Cl)c2ccnn2c1N1CCS(=O)(=O)CC1. The lowest BCUT2D eigenvalue weighted by atomic mass is 10.1. The number of nitrogens with zero attached hydrogens (tertiary/aromatic N) is 3. The number of anilines is 1. The number of fused-ring (bicyclic) bond motifs is 1. The van der Waals surface area contributed by atoms with E-state index in [0.29, 0.717) is 35.0 Å². The van der Waals surface area contributed by atoms with Gasteiger partial charge in [-0.05, 0) is 19.1 Å². The molecule has 1 fully saturated rings. The molecule has 0 bridgehead atoms. The zero-order valence-electron chi connectivity index (χ0n) is 11.4. The lowest BCUT2D eigenvalue weighted by molar-refractivity contribution is 0.101. The maximum absolute atomic E-state index is 11.9. The summed E-state index contributed by atoms with van der Waals surface area (Å²) in [7, 11) is -2.99. The molecule has 3 rings (SSSR count). The van der Waals surface area contributed by atoms with Crippen LogP contribution in [0.2, 0.25) is 5.02 Å². The molecular weight excluding hydrogens is 314 g/mol. The van der Waals surface area contributed by atoms with Gasteiger partial charge in [0.25, 0.3) is 0 Å². The minimum atomic E-state index is -2.99. The number of carbonyl (C=O) groups is 1. The van der Waals surface area contributed by atoms with Crippen molar-refractivity contribution in [1.82, 2.24) is 9.61 Å². The molecule has 3 heterocycles. The van der Waals surface area contributed by atoms with Gasteiger partial charge in [-0.1, -0.05) is 11.6 Å². The summed E-state index contributed by atoms with van der Waals surface area (Å²) < 4.78 is 24.8. The highest BCUT2D eigenvalue weighted by atomic mass is 35.5. The van der Waals surface area contributed by atoms with Crippen molar-refractivity contribution in [3.05, 3.63) is 28.9 Å². The Balaban J connectivity index is 2.16. The van der Waals surface area contributed by atoms with E-state index in [9.17, 15) is 13.2 Å². The maximum Gasteiger partial charge on any atom is 0.163 e. The largest absolute Gasteiger partial charge is 0.354 e. The molecular formula is C13H14ClN3O3S. The Morgan fingerprint density at radius 1 is 1.33 bits per heavy atom. The quantitative estimate of drug-likeness (QED) is 0.780. The van der Waals surface area contributed by atoms with E-state index in [0.717, 1.165) is 0 Å². The molecule has 8 heteroatoms. The molecule has 0 aliphatic carbocycles. The summed E-state index contributed by atoms with van der Waals surface area (Å²) in [5, 5.41) is 4.67. The van der Waals surface area contributed by atoms with E-state index in [2.05, 4.69) is 5.10 Å². The molecule has 1 aliphatic heterocycles. The summed E-state index contributed by atoms with van der Waals surface area (Å²) in [6.07, 6.45) is 1.61. The number of sulfone groups is 1. The topological polar surface area (TPSA) is 71.8 Å². The van der Waals surface area contributed by atoms with Crippen LogP contribution < -0.4 is 4.90 Å². The third-order valence-corrected chi connectivity index (χ3v) is 5.54. The summed E-state index contributed by atoms with van der Waals surface area (Å²) in [6, 6.07) is 3.38. The molecule has 0 atom stereocenters. The van der Waals surface area contributed by atoms with Gasteiger partial charge in [0.05, 0.1) is 33.8 Å². The summed E-state index contributed by atoms with van der Waals surface area (Å²) in [5.74, 6) is 0.644. The Kier molecular flexibility index (Phi) is 3.41. The molecule has 0 amide bonds. The first-order valence-corrected chi connectivity index (χ1v) is 8.71. The van der Waals surface area contributed by atoms with Gasteiger partial charge in [-0.25, -0.2) is 12.9 Å². The molecule has 2 aromatic heterocycles. The molecule has 21 heavy (non-hydrogen) atoms. The van der Waals surface area contributed by atoms with E-state index in [-0.39, 0.29) is 17.3 Å². The first-order chi connectivity index (χ1) is 9.89. The Hall–Kier alpha value is -1.60. The molecule has 0 spiro atoms. The van der Waals surface area contributed by atoms with Crippen LogP contribution in [-0.4, -0.2) is 48.4 Å². The van der Waals surface area contributed by atoms with E-state index in [1.165, 1.54) is 6.92 Å². The van der Waals surface area contributed by atoms with Crippen LogP contribution >= 0.6 is 11.6 Å². The highest BCUT2D eigenvalue weighted by Gasteiger charge is 2.27. The first-order valence-electron chi connectivity index (χ1n) is 6.51. The fourth-order valence-corrected chi connectivity index (χ4v) is 3.97. The number of carbonyl (C=O) groups excluding carboxylic acids is 1. The van der Waals surface area contributed by atoms with E-state index in [4.69, 9.17) is 11.6 Å². The molecule has 1 aliphatic rings. The fraction of sp³-hybridized carbons (Fsp3) is 0.385. The van der Waals surface area contributed by atoms with Crippen LogP contribution in [0.1, 0.15) is 17.3 Å². The predicted octanol–water partition coefficient (Wildman–Crippen LogP) is 1.43. The van der Waals surface area contributed by atoms with E-state index in [1.807, 2.05) is 4.90 Å². The Morgan fingerprint density at radius 2 is 2.00 bits per heavy atom. The standard InChI is InChI=1S/C13H14ClN3O3S/c1-9(18)10-8-11(14)12-2-3-15-17(12)13(10)16-4-6-21(19,20)7-5-16/h2-3,8H,4-7H2,1H3. The molecule has 1 saturated heterocycles. The molecule has 2 aromatic rings. The highest BCUT2D eigenvalue weighted by Crippen LogP contribution is 2.29. The predicted molar refractivity (Wildman–Crippen MR) is 81.1 cm³/mol. The number of Topliss-reactive ketones (excluding diaryl/α,β-unsaturated/α-hetero) is 1. The number of hydrogen-bond donors (Lipinski definition) is 0. The third kappa shape index (κ3) is 2.51. The molecule has 6 nitrogen and oxygen atoms in total. The van der Waals surface area contributed by atoms with Gasteiger partial charge in [-0.2, -0.15) is 5.10 Å². The van der Waals surface area contributed by atoms with Gasteiger partial charge in [0, 0.05) is 13.1 Å². The zero-order valence-corrected chi connectivity index (χ0v) is 13.0. The van der Waals surface area contributed by atoms with Gasteiger partial charge in [-0.3, -0.25) is 4.79 Å². The Bertz CT molecular complexity index is 815. The van der Waals surface area contributed by atoms with Crippen molar-refractivity contribution < 1.29 is 13.2 Å². The minimum Gasteiger partial charge on any atom is -0.354 e. The number of hydrogen-bond acceptors (Lipinski definition) is 5. The molecule has 0 unspecified atom stereocenters. The summed E-state index contributed by atoms with van der Waals surface area (Å²) in [4.78, 5) is 13.8. The second-order valence-corrected chi connectivity index (χ2v) is 7.76. The second-order valence-electron chi connectivity index (χ2n) is 5.05. The number of ketones is 1. The minimum absolute atomic E-state index is 0.0791. The van der Waals surface area contributed by atoms with Crippen LogP contribution in [0.25, 0.3) is 5.52 Å². The molecule has 0 radical (unpaired) electrons. The van der Waals surface area contributed by atoms with Gasteiger partial charge in [0.15, 0.2) is 15.6 Å². The zero-order chi connectivity index (χ0) is 15.2. The summed E-state index contributed by atoms with van der Waals surface area (Å²) in [6.45, 7) is 2.16. The van der Waals surface area contributed by atoms with Crippen LogP contribution in [0.3, 0.4) is 0 Å².